The summed E-state index contributed by atoms with van der Waals surface area (Å²) >= 11 is 0. The van der Waals surface area contributed by atoms with E-state index in [0.29, 0.717) is 18.0 Å². The van der Waals surface area contributed by atoms with E-state index in [9.17, 15) is 0 Å². The first-order valence-electron chi connectivity index (χ1n) is 4.88. The average molecular weight is 215 g/mol. The van der Waals surface area contributed by atoms with Gasteiger partial charge in [-0.05, 0) is 17.7 Å². The highest BCUT2D eigenvalue weighted by Gasteiger charge is 2.05. The van der Waals surface area contributed by atoms with Gasteiger partial charge in [0.1, 0.15) is 6.61 Å². The van der Waals surface area contributed by atoms with Gasteiger partial charge < -0.3 is 14.3 Å². The molecule has 0 aromatic heterocycles. The Labute approximate surface area is 95.8 Å². The Morgan fingerprint density at radius 2 is 2.25 bits per heavy atom. The molecule has 0 radical (unpaired) electrons. The highest BCUT2D eigenvalue weighted by atomic mass is 16.5. The number of benzene rings is 1. The second kappa shape index (κ2) is 6.37. The van der Waals surface area contributed by atoms with Crippen LogP contribution in [0.2, 0.25) is 0 Å². The van der Waals surface area contributed by atoms with Crippen molar-refractivity contribution in [1.29, 1.82) is 0 Å². The molecule has 0 aliphatic carbocycles. The van der Waals surface area contributed by atoms with Crippen molar-refractivity contribution in [3.05, 3.63) is 35.2 Å². The number of ether oxygens (including phenoxy) is 2. The molecule has 0 atom stereocenters. The predicted molar refractivity (Wildman–Crippen MR) is 62.5 cm³/mol. The van der Waals surface area contributed by atoms with E-state index < -0.39 is 0 Å². The Bertz CT molecular complexity index is 427. The van der Waals surface area contributed by atoms with Crippen molar-refractivity contribution in [2.75, 3.05) is 20.3 Å². The van der Waals surface area contributed by atoms with Crippen LogP contribution in [0.15, 0.2) is 18.2 Å². The Morgan fingerprint density at radius 3 is 2.88 bits per heavy atom. The maximum absolute atomic E-state index is 6.73. The molecular weight excluding hydrogens is 202 g/mol. The summed E-state index contributed by atoms with van der Waals surface area (Å²) in [4.78, 5) is 3.31. The van der Waals surface area contributed by atoms with Crippen LogP contribution < -0.4 is 9.47 Å². The lowest BCUT2D eigenvalue weighted by Crippen LogP contribution is -1.98. The van der Waals surface area contributed by atoms with Crippen LogP contribution in [0.3, 0.4) is 0 Å². The SMILES string of the molecule is [C-]#[N+]CCc1ccc(OCC#C)c(OC)c1. The highest BCUT2D eigenvalue weighted by Crippen LogP contribution is 2.28. The molecule has 82 valence electrons. The highest BCUT2D eigenvalue weighted by molar-refractivity contribution is 5.43. The Balaban J connectivity index is 2.81. The molecule has 1 aromatic carbocycles. The largest absolute Gasteiger partial charge is 0.493 e. The van der Waals surface area contributed by atoms with Gasteiger partial charge in [-0.1, -0.05) is 12.0 Å². The topological polar surface area (TPSA) is 22.8 Å². The maximum atomic E-state index is 6.73. The number of terminal acetylenes is 1. The van der Waals surface area contributed by atoms with Gasteiger partial charge >= 0.3 is 0 Å². The van der Waals surface area contributed by atoms with Crippen molar-refractivity contribution < 1.29 is 9.47 Å². The molecular formula is C13H13NO2. The Kier molecular flexibility index (Phi) is 4.76. The van der Waals surface area contributed by atoms with Crippen LogP contribution >= 0.6 is 0 Å². The van der Waals surface area contributed by atoms with Crippen LogP contribution in [0.1, 0.15) is 5.56 Å². The first-order chi connectivity index (χ1) is 7.81. The van der Waals surface area contributed by atoms with Gasteiger partial charge in [0.05, 0.1) is 7.11 Å². The van der Waals surface area contributed by atoms with Gasteiger partial charge in [0.2, 0.25) is 6.54 Å². The van der Waals surface area contributed by atoms with Crippen LogP contribution in [0, 0.1) is 18.9 Å². The van der Waals surface area contributed by atoms with Crippen LogP contribution in [0.4, 0.5) is 0 Å². The zero-order valence-corrected chi connectivity index (χ0v) is 9.19. The standard InChI is InChI=1S/C13H13NO2/c1-4-9-16-12-6-5-11(7-8-14-2)10-13(12)15-3/h1,5-6,10H,7-9H2,3H3. The number of hydrogen-bond donors (Lipinski definition) is 0. The molecule has 16 heavy (non-hydrogen) atoms. The minimum absolute atomic E-state index is 0.220. The van der Waals surface area contributed by atoms with Gasteiger partial charge in [-0.2, -0.15) is 0 Å². The Hall–Kier alpha value is -2.13. The minimum atomic E-state index is 0.220. The minimum Gasteiger partial charge on any atom is -0.493 e. The van der Waals surface area contributed by atoms with Crippen LogP contribution in [-0.4, -0.2) is 20.3 Å². The second-order valence-electron chi connectivity index (χ2n) is 3.11. The third-order valence-corrected chi connectivity index (χ3v) is 2.05. The zero-order valence-electron chi connectivity index (χ0n) is 9.19. The van der Waals surface area contributed by atoms with E-state index in [-0.39, 0.29) is 6.61 Å². The molecule has 0 saturated heterocycles. The molecule has 0 aliphatic heterocycles. The van der Waals surface area contributed by atoms with Crippen LogP contribution in [-0.2, 0) is 6.42 Å². The molecule has 0 aliphatic rings. The van der Waals surface area contributed by atoms with Crippen molar-refractivity contribution in [2.24, 2.45) is 0 Å². The zero-order chi connectivity index (χ0) is 11.8. The van der Waals surface area contributed by atoms with E-state index in [0.717, 1.165) is 12.0 Å². The van der Waals surface area contributed by atoms with E-state index in [1.807, 2.05) is 18.2 Å². The first-order valence-corrected chi connectivity index (χ1v) is 4.88. The van der Waals surface area contributed by atoms with E-state index in [1.165, 1.54) is 0 Å². The summed E-state index contributed by atoms with van der Waals surface area (Å²) in [5.74, 6) is 3.68. The fourth-order valence-corrected chi connectivity index (χ4v) is 1.29. The Morgan fingerprint density at radius 1 is 1.44 bits per heavy atom. The van der Waals surface area contributed by atoms with E-state index in [1.54, 1.807) is 7.11 Å². The summed E-state index contributed by atoms with van der Waals surface area (Å²) in [7, 11) is 1.58. The summed E-state index contributed by atoms with van der Waals surface area (Å²) in [6.45, 7) is 7.43. The van der Waals surface area contributed by atoms with Crippen molar-refractivity contribution >= 4 is 0 Å². The van der Waals surface area contributed by atoms with E-state index >= 15 is 0 Å². The van der Waals surface area contributed by atoms with Crippen molar-refractivity contribution in [3.63, 3.8) is 0 Å². The van der Waals surface area contributed by atoms with Crippen molar-refractivity contribution in [1.82, 2.24) is 0 Å². The number of hydrogen-bond acceptors (Lipinski definition) is 2. The molecule has 1 aromatic rings. The lowest BCUT2D eigenvalue weighted by molar-refractivity contribution is 0.330. The summed E-state index contributed by atoms with van der Waals surface area (Å²) in [5, 5.41) is 0. The molecule has 0 N–H and O–H groups in total. The number of methoxy groups -OCH3 is 1. The molecule has 3 heteroatoms. The quantitative estimate of drug-likeness (QED) is 0.555. The van der Waals surface area contributed by atoms with Gasteiger partial charge in [0.25, 0.3) is 0 Å². The fourth-order valence-electron chi connectivity index (χ4n) is 1.29. The van der Waals surface area contributed by atoms with E-state index in [2.05, 4.69) is 10.8 Å². The summed E-state index contributed by atoms with van der Waals surface area (Å²) < 4.78 is 10.5. The van der Waals surface area contributed by atoms with Gasteiger partial charge in [0, 0.05) is 6.42 Å². The molecule has 0 bridgehead atoms. The monoisotopic (exact) mass is 215 g/mol. The van der Waals surface area contributed by atoms with Crippen LogP contribution in [0.5, 0.6) is 11.5 Å². The van der Waals surface area contributed by atoms with Gasteiger partial charge in [-0.15, -0.1) is 6.42 Å². The molecule has 0 fully saturated rings. The molecule has 0 spiro atoms. The maximum Gasteiger partial charge on any atom is 0.218 e. The van der Waals surface area contributed by atoms with Gasteiger partial charge in [-0.25, -0.2) is 6.57 Å². The van der Waals surface area contributed by atoms with Crippen LogP contribution in [0.25, 0.3) is 4.85 Å². The van der Waals surface area contributed by atoms with Crippen molar-refractivity contribution in [3.8, 4) is 23.8 Å². The molecule has 0 heterocycles. The third-order valence-electron chi connectivity index (χ3n) is 2.05. The summed E-state index contributed by atoms with van der Waals surface area (Å²) in [6, 6.07) is 5.60. The molecule has 0 amide bonds. The number of nitrogens with zero attached hydrogens (tertiary/aromatic N) is 1. The summed E-state index contributed by atoms with van der Waals surface area (Å²) in [6.07, 6.45) is 5.83. The fraction of sp³-hybridized carbons (Fsp3) is 0.308. The lowest BCUT2D eigenvalue weighted by Gasteiger charge is -2.09. The molecule has 0 saturated carbocycles. The third kappa shape index (κ3) is 3.22. The number of rotatable bonds is 5. The average Bonchev–Trinajstić information content (AvgIpc) is 2.34. The first kappa shape index (κ1) is 11.9. The smallest absolute Gasteiger partial charge is 0.218 e. The van der Waals surface area contributed by atoms with Gasteiger partial charge in [0.15, 0.2) is 11.5 Å². The molecule has 3 nitrogen and oxygen atoms in total. The lowest BCUT2D eigenvalue weighted by atomic mass is 10.1. The molecule has 1 rings (SSSR count). The normalized spacial score (nSPS) is 8.94. The predicted octanol–water partition coefficient (Wildman–Crippen LogP) is 2.17. The van der Waals surface area contributed by atoms with Gasteiger partial charge in [-0.3, -0.25) is 0 Å². The summed E-state index contributed by atoms with van der Waals surface area (Å²) in [5.41, 5.74) is 1.06. The van der Waals surface area contributed by atoms with Crippen molar-refractivity contribution in [2.45, 2.75) is 6.42 Å². The van der Waals surface area contributed by atoms with E-state index in [4.69, 9.17) is 22.5 Å². The second-order valence-corrected chi connectivity index (χ2v) is 3.11. The molecule has 0 unspecified atom stereocenters.